The lowest BCUT2D eigenvalue weighted by molar-refractivity contribution is 0.0920. The van der Waals surface area contributed by atoms with Gasteiger partial charge in [-0.15, -0.1) is 11.3 Å². The molecule has 0 unspecified atom stereocenters. The Hall–Kier alpha value is -2.36. The van der Waals surface area contributed by atoms with Crippen molar-refractivity contribution in [2.75, 3.05) is 18.0 Å². The van der Waals surface area contributed by atoms with E-state index in [0.29, 0.717) is 21.4 Å². The van der Waals surface area contributed by atoms with Gasteiger partial charge in [0.05, 0.1) is 32.5 Å². The summed E-state index contributed by atoms with van der Waals surface area (Å²) >= 11 is 8.15. The third-order valence-electron chi connectivity index (χ3n) is 4.25. The summed E-state index contributed by atoms with van der Waals surface area (Å²) in [5.41, 5.74) is 1.48. The largest absolute Gasteiger partial charge is 0.442 e. The lowest BCUT2D eigenvalue weighted by atomic mass is 10.2. The molecule has 27 heavy (non-hydrogen) atoms. The van der Waals surface area contributed by atoms with Crippen molar-refractivity contribution < 1.29 is 14.3 Å². The first kappa shape index (κ1) is 18.0. The molecule has 1 atom stereocenters. The SMILES string of the molecule is Cn1c(=O)sc2cc(N3C[C@H](CNC(=O)c4ccc(Cl)s4)OC3=O)ccc21. The minimum absolute atomic E-state index is 0.0552. The van der Waals surface area contributed by atoms with Crippen molar-refractivity contribution in [1.29, 1.82) is 0 Å². The fourth-order valence-electron chi connectivity index (χ4n) is 2.86. The van der Waals surface area contributed by atoms with Gasteiger partial charge in [-0.25, -0.2) is 4.79 Å². The number of fused-ring (bicyclic) bond motifs is 1. The Bertz CT molecular complexity index is 1100. The van der Waals surface area contributed by atoms with Crippen molar-refractivity contribution in [3.63, 3.8) is 0 Å². The van der Waals surface area contributed by atoms with Crippen LogP contribution in [0.4, 0.5) is 10.5 Å². The van der Waals surface area contributed by atoms with Gasteiger partial charge in [-0.2, -0.15) is 0 Å². The van der Waals surface area contributed by atoms with Gasteiger partial charge in [0.15, 0.2) is 0 Å². The monoisotopic (exact) mass is 423 g/mol. The topological polar surface area (TPSA) is 80.6 Å². The number of nitrogens with one attached hydrogen (secondary N) is 1. The zero-order chi connectivity index (χ0) is 19.1. The number of ether oxygens (including phenoxy) is 1. The molecule has 1 fully saturated rings. The molecule has 0 aliphatic carbocycles. The van der Waals surface area contributed by atoms with Crippen molar-refractivity contribution in [3.05, 3.63) is 49.2 Å². The number of thiazole rings is 1. The van der Waals surface area contributed by atoms with E-state index in [0.717, 1.165) is 21.6 Å². The normalized spacial score (nSPS) is 16.7. The Morgan fingerprint density at radius 3 is 2.85 bits per heavy atom. The average molecular weight is 424 g/mol. The van der Waals surface area contributed by atoms with Gasteiger partial charge in [0.1, 0.15) is 6.10 Å². The number of amides is 2. The second kappa shape index (κ2) is 6.99. The van der Waals surface area contributed by atoms with E-state index >= 15 is 0 Å². The number of rotatable bonds is 4. The van der Waals surface area contributed by atoms with E-state index < -0.39 is 12.2 Å². The molecule has 0 saturated carbocycles. The summed E-state index contributed by atoms with van der Waals surface area (Å²) in [6.07, 6.45) is -0.932. The van der Waals surface area contributed by atoms with Crippen LogP contribution in [0.25, 0.3) is 10.2 Å². The van der Waals surface area contributed by atoms with Crippen LogP contribution in [0.3, 0.4) is 0 Å². The molecule has 7 nitrogen and oxygen atoms in total. The van der Waals surface area contributed by atoms with Crippen LogP contribution in [-0.2, 0) is 11.8 Å². The summed E-state index contributed by atoms with van der Waals surface area (Å²) in [5.74, 6) is -0.253. The zero-order valence-electron chi connectivity index (χ0n) is 14.1. The van der Waals surface area contributed by atoms with Crippen LogP contribution in [0.15, 0.2) is 35.1 Å². The highest BCUT2D eigenvalue weighted by atomic mass is 35.5. The molecular weight excluding hydrogens is 410 g/mol. The van der Waals surface area contributed by atoms with E-state index in [9.17, 15) is 14.4 Å². The van der Waals surface area contributed by atoms with Crippen LogP contribution >= 0.6 is 34.3 Å². The molecule has 0 radical (unpaired) electrons. The lowest BCUT2D eigenvalue weighted by Gasteiger charge is -2.13. The second-order valence-corrected chi connectivity index (χ2v) is 8.72. The number of aryl methyl sites for hydroxylation is 1. The molecule has 3 aromatic rings. The predicted molar refractivity (Wildman–Crippen MR) is 106 cm³/mol. The quantitative estimate of drug-likeness (QED) is 0.699. The molecule has 10 heteroatoms. The maximum Gasteiger partial charge on any atom is 0.414 e. The number of hydrogen-bond donors (Lipinski definition) is 1. The highest BCUT2D eigenvalue weighted by Gasteiger charge is 2.32. The number of halogens is 1. The number of thiophene rings is 1. The number of cyclic esters (lactones) is 1. The molecule has 0 bridgehead atoms. The van der Waals surface area contributed by atoms with Crippen molar-refractivity contribution in [3.8, 4) is 0 Å². The Labute approximate surface area is 166 Å². The van der Waals surface area contributed by atoms with Crippen molar-refractivity contribution in [2.24, 2.45) is 7.05 Å². The lowest BCUT2D eigenvalue weighted by Crippen LogP contribution is -2.34. The van der Waals surface area contributed by atoms with E-state index in [-0.39, 0.29) is 17.3 Å². The number of carbonyl (C=O) groups excluding carboxylic acids is 2. The van der Waals surface area contributed by atoms with Crippen molar-refractivity contribution >= 4 is 62.2 Å². The molecule has 1 N–H and O–H groups in total. The molecule has 1 aliphatic heterocycles. The van der Waals surface area contributed by atoms with Crippen LogP contribution in [0.2, 0.25) is 4.34 Å². The molecule has 1 aromatic carbocycles. The first-order valence-corrected chi connectivity index (χ1v) is 10.0. The van der Waals surface area contributed by atoms with Crippen LogP contribution in [0, 0.1) is 0 Å². The summed E-state index contributed by atoms with van der Waals surface area (Å²) in [6.45, 7) is 0.523. The van der Waals surface area contributed by atoms with Gasteiger partial charge in [-0.1, -0.05) is 22.9 Å². The molecule has 1 aliphatic rings. The third kappa shape index (κ3) is 3.45. The highest BCUT2D eigenvalue weighted by Crippen LogP contribution is 2.27. The first-order valence-electron chi connectivity index (χ1n) is 8.03. The van der Waals surface area contributed by atoms with Crippen molar-refractivity contribution in [2.45, 2.75) is 6.10 Å². The minimum Gasteiger partial charge on any atom is -0.442 e. The van der Waals surface area contributed by atoms with Crippen LogP contribution in [0.1, 0.15) is 9.67 Å². The van der Waals surface area contributed by atoms with Gasteiger partial charge >= 0.3 is 11.0 Å². The molecule has 1 saturated heterocycles. The second-order valence-electron chi connectivity index (χ2n) is 6.01. The Kier molecular flexibility index (Phi) is 4.67. The van der Waals surface area contributed by atoms with Crippen molar-refractivity contribution in [1.82, 2.24) is 9.88 Å². The van der Waals surface area contributed by atoms with Gasteiger partial charge in [0.2, 0.25) is 0 Å². The molecule has 4 rings (SSSR count). The molecular formula is C17H14ClN3O4S2. The minimum atomic E-state index is -0.476. The molecule has 2 amide bonds. The smallest absolute Gasteiger partial charge is 0.414 e. The van der Waals surface area contributed by atoms with Gasteiger partial charge in [0.25, 0.3) is 5.91 Å². The van der Waals surface area contributed by atoms with Crippen LogP contribution < -0.4 is 15.1 Å². The van der Waals surface area contributed by atoms with Crippen LogP contribution in [0.5, 0.6) is 0 Å². The number of anilines is 1. The maximum absolute atomic E-state index is 12.2. The standard InChI is InChI=1S/C17H14ClN3O4S2/c1-20-11-3-2-9(6-13(11)27-17(20)24)21-8-10(25-16(21)23)7-19-15(22)12-4-5-14(18)26-12/h2-6,10H,7-8H2,1H3,(H,19,22)/t10-/m0/s1. The summed E-state index contributed by atoms with van der Waals surface area (Å²) in [5, 5.41) is 2.75. The number of benzene rings is 1. The number of aromatic nitrogens is 1. The van der Waals surface area contributed by atoms with E-state index in [4.69, 9.17) is 16.3 Å². The van der Waals surface area contributed by atoms with Crippen LogP contribution in [-0.4, -0.2) is 35.8 Å². The molecule has 3 heterocycles. The summed E-state index contributed by atoms with van der Waals surface area (Å²) < 4.78 is 8.26. The fraction of sp³-hybridized carbons (Fsp3) is 0.235. The van der Waals surface area contributed by atoms with Gasteiger partial charge in [0, 0.05) is 12.7 Å². The fourth-order valence-corrected chi connectivity index (χ4v) is 4.73. The Morgan fingerprint density at radius 2 is 2.11 bits per heavy atom. The van der Waals surface area contributed by atoms with Gasteiger partial charge in [-0.05, 0) is 30.3 Å². The summed E-state index contributed by atoms with van der Waals surface area (Å²) in [7, 11) is 1.71. The van der Waals surface area contributed by atoms with E-state index in [2.05, 4.69) is 5.32 Å². The zero-order valence-corrected chi connectivity index (χ0v) is 16.5. The summed E-state index contributed by atoms with van der Waals surface area (Å²) in [6, 6.07) is 8.70. The Balaban J connectivity index is 1.44. The summed E-state index contributed by atoms with van der Waals surface area (Å²) in [4.78, 5) is 38.0. The molecule has 2 aromatic heterocycles. The molecule has 0 spiro atoms. The predicted octanol–water partition coefficient (Wildman–Crippen LogP) is 3.07. The third-order valence-corrected chi connectivity index (χ3v) is 6.47. The molecule has 140 valence electrons. The van der Waals surface area contributed by atoms with E-state index in [1.165, 1.54) is 16.2 Å². The highest BCUT2D eigenvalue weighted by molar-refractivity contribution is 7.18. The number of hydrogen-bond acceptors (Lipinski definition) is 6. The first-order chi connectivity index (χ1) is 12.9. The van der Waals surface area contributed by atoms with E-state index in [1.807, 2.05) is 6.07 Å². The average Bonchev–Trinajstić information content (AvgIpc) is 3.31. The number of nitrogens with zero attached hydrogens (tertiary/aromatic N) is 2. The van der Waals surface area contributed by atoms with Gasteiger partial charge in [-0.3, -0.25) is 14.5 Å². The number of carbonyl (C=O) groups is 2. The Morgan fingerprint density at radius 1 is 1.30 bits per heavy atom. The van der Waals surface area contributed by atoms with Gasteiger partial charge < -0.3 is 14.6 Å². The maximum atomic E-state index is 12.2. The van der Waals surface area contributed by atoms with E-state index in [1.54, 1.807) is 35.9 Å².